The van der Waals surface area contributed by atoms with E-state index < -0.39 is 18.3 Å². The van der Waals surface area contributed by atoms with Crippen LogP contribution in [-0.2, 0) is 4.74 Å². The molecule has 3 aromatic rings. The van der Waals surface area contributed by atoms with Crippen molar-refractivity contribution in [2.24, 2.45) is 0 Å². The van der Waals surface area contributed by atoms with E-state index in [1.54, 1.807) is 12.1 Å². The predicted octanol–water partition coefficient (Wildman–Crippen LogP) is 3.68. The monoisotopic (exact) mass is 395 g/mol. The van der Waals surface area contributed by atoms with Crippen molar-refractivity contribution in [3.8, 4) is 11.1 Å². The smallest absolute Gasteiger partial charge is 0.407 e. The number of rotatable bonds is 6. The minimum Gasteiger partial charge on any atom is -0.449 e. The van der Waals surface area contributed by atoms with Gasteiger partial charge in [0.25, 0.3) is 0 Å². The molecule has 144 valence electrons. The van der Waals surface area contributed by atoms with Gasteiger partial charge in [-0.2, -0.15) is 0 Å². The second-order valence-corrected chi connectivity index (χ2v) is 7.71. The number of benzene rings is 2. The van der Waals surface area contributed by atoms with E-state index in [2.05, 4.69) is 29.6 Å². The predicted molar refractivity (Wildman–Crippen MR) is 108 cm³/mol. The molecule has 1 aliphatic carbocycles. The number of thiophene rings is 1. The van der Waals surface area contributed by atoms with Crippen LogP contribution in [0, 0.1) is 0 Å². The average molecular weight is 395 g/mol. The lowest BCUT2D eigenvalue weighted by atomic mass is 9.98. The Morgan fingerprint density at radius 1 is 1.00 bits per heavy atom. The lowest BCUT2D eigenvalue weighted by molar-refractivity contribution is 0.0206. The van der Waals surface area contributed by atoms with Gasteiger partial charge in [0.2, 0.25) is 0 Å². The molecule has 0 bridgehead atoms. The molecule has 0 saturated heterocycles. The van der Waals surface area contributed by atoms with Crippen molar-refractivity contribution in [3.05, 3.63) is 82.0 Å². The first-order valence-electron chi connectivity index (χ1n) is 9.13. The van der Waals surface area contributed by atoms with Crippen molar-refractivity contribution in [2.75, 3.05) is 13.2 Å². The van der Waals surface area contributed by atoms with E-state index in [1.165, 1.54) is 22.5 Å². The first-order chi connectivity index (χ1) is 13.6. The third kappa shape index (κ3) is 3.67. The Balaban J connectivity index is 1.35. The van der Waals surface area contributed by atoms with Crippen LogP contribution in [0.25, 0.3) is 11.1 Å². The maximum atomic E-state index is 12.1. The summed E-state index contributed by atoms with van der Waals surface area (Å²) in [6.07, 6.45) is -2.74. The van der Waals surface area contributed by atoms with E-state index in [-0.39, 0.29) is 19.1 Å². The van der Waals surface area contributed by atoms with Crippen molar-refractivity contribution in [3.63, 3.8) is 0 Å². The van der Waals surface area contributed by atoms with Gasteiger partial charge in [-0.1, -0.05) is 54.6 Å². The summed E-state index contributed by atoms with van der Waals surface area (Å²) in [5.74, 6) is -0.0141. The van der Waals surface area contributed by atoms with Crippen molar-refractivity contribution in [1.82, 2.24) is 5.32 Å². The highest BCUT2D eigenvalue weighted by atomic mass is 32.1. The van der Waals surface area contributed by atoms with Crippen LogP contribution in [0.3, 0.4) is 0 Å². The third-order valence-electron chi connectivity index (χ3n) is 5.00. The molecule has 3 N–H and O–H groups in total. The molecule has 1 aromatic heterocycles. The molecule has 1 aliphatic rings. The number of aliphatic hydroxyl groups is 2. The second-order valence-electron chi connectivity index (χ2n) is 6.73. The van der Waals surface area contributed by atoms with Crippen LogP contribution in [0.2, 0.25) is 0 Å². The highest BCUT2D eigenvalue weighted by molar-refractivity contribution is 7.10. The van der Waals surface area contributed by atoms with E-state index >= 15 is 0 Å². The fourth-order valence-electron chi connectivity index (χ4n) is 3.60. The Morgan fingerprint density at radius 3 is 2.25 bits per heavy atom. The largest absolute Gasteiger partial charge is 0.449 e. The van der Waals surface area contributed by atoms with Crippen LogP contribution in [0.1, 0.15) is 28.0 Å². The molecule has 1 heterocycles. The molecule has 0 saturated carbocycles. The molecule has 2 aromatic carbocycles. The standard InChI is InChI=1S/C22H21NO4S/c24-19(21(25)20-10-5-11-28-20)12-23-22(26)27-13-18-16-8-3-1-6-14(16)15-7-2-4-9-17(15)18/h1-11,18-19,21,24-25H,12-13H2,(H,23,26). The highest BCUT2D eigenvalue weighted by Crippen LogP contribution is 2.44. The summed E-state index contributed by atoms with van der Waals surface area (Å²) >= 11 is 1.35. The fraction of sp³-hybridized carbons (Fsp3) is 0.227. The molecule has 2 unspecified atom stereocenters. The van der Waals surface area contributed by atoms with Crippen molar-refractivity contribution in [2.45, 2.75) is 18.1 Å². The average Bonchev–Trinajstić information content (AvgIpc) is 3.37. The lowest BCUT2D eigenvalue weighted by Gasteiger charge is -2.18. The zero-order valence-corrected chi connectivity index (χ0v) is 15.9. The minimum atomic E-state index is -1.10. The molecular weight excluding hydrogens is 374 g/mol. The van der Waals surface area contributed by atoms with Crippen LogP contribution < -0.4 is 5.32 Å². The molecule has 28 heavy (non-hydrogen) atoms. The third-order valence-corrected chi connectivity index (χ3v) is 5.94. The molecule has 6 heteroatoms. The van der Waals surface area contributed by atoms with Crippen LogP contribution in [0.5, 0.6) is 0 Å². The number of alkyl carbamates (subject to hydrolysis) is 1. The number of carbonyl (C=O) groups is 1. The first kappa shape index (κ1) is 18.7. The van der Waals surface area contributed by atoms with E-state index in [0.717, 1.165) is 11.1 Å². The van der Waals surface area contributed by atoms with Gasteiger partial charge < -0.3 is 20.3 Å². The molecule has 1 amide bonds. The van der Waals surface area contributed by atoms with E-state index in [4.69, 9.17) is 4.74 Å². The van der Waals surface area contributed by atoms with E-state index in [1.807, 2.05) is 29.6 Å². The summed E-state index contributed by atoms with van der Waals surface area (Å²) in [6.45, 7) is 0.124. The Kier molecular flexibility index (Phi) is 5.43. The maximum Gasteiger partial charge on any atom is 0.407 e. The summed E-state index contributed by atoms with van der Waals surface area (Å²) in [5, 5.41) is 24.5. The molecule has 4 rings (SSSR count). The van der Waals surface area contributed by atoms with Gasteiger partial charge in [-0.25, -0.2) is 4.79 Å². The van der Waals surface area contributed by atoms with Gasteiger partial charge in [0, 0.05) is 17.3 Å². The minimum absolute atomic E-state index is 0.0141. The number of amides is 1. The van der Waals surface area contributed by atoms with Crippen molar-refractivity contribution < 1.29 is 19.7 Å². The first-order valence-corrected chi connectivity index (χ1v) is 10.0. The maximum absolute atomic E-state index is 12.1. The molecule has 0 aliphatic heterocycles. The van der Waals surface area contributed by atoms with Gasteiger partial charge in [0.15, 0.2) is 0 Å². The van der Waals surface area contributed by atoms with Gasteiger partial charge >= 0.3 is 6.09 Å². The zero-order chi connectivity index (χ0) is 19.5. The van der Waals surface area contributed by atoms with Gasteiger partial charge in [0.1, 0.15) is 18.8 Å². The van der Waals surface area contributed by atoms with Gasteiger partial charge in [-0.05, 0) is 33.7 Å². The molecule has 0 spiro atoms. The van der Waals surface area contributed by atoms with Crippen LogP contribution in [0.4, 0.5) is 4.79 Å². The lowest BCUT2D eigenvalue weighted by Crippen LogP contribution is -2.36. The van der Waals surface area contributed by atoms with E-state index in [9.17, 15) is 15.0 Å². The zero-order valence-electron chi connectivity index (χ0n) is 15.1. The number of nitrogens with one attached hydrogen (secondary N) is 1. The molecule has 0 fully saturated rings. The SMILES string of the molecule is O=C(NCC(O)C(O)c1cccs1)OCC1c2ccccc2-c2ccccc21. The Morgan fingerprint density at radius 2 is 1.64 bits per heavy atom. The summed E-state index contributed by atoms with van der Waals surface area (Å²) in [7, 11) is 0. The van der Waals surface area contributed by atoms with Crippen molar-refractivity contribution in [1.29, 1.82) is 0 Å². The summed E-state index contributed by atoms with van der Waals surface area (Å²) in [4.78, 5) is 12.8. The fourth-order valence-corrected chi connectivity index (χ4v) is 4.37. The number of hydrogen-bond acceptors (Lipinski definition) is 5. The number of carbonyl (C=O) groups excluding carboxylic acids is 1. The number of hydrogen-bond donors (Lipinski definition) is 3. The summed E-state index contributed by atoms with van der Waals surface area (Å²) in [6, 6.07) is 19.8. The number of fused-ring (bicyclic) bond motifs is 3. The van der Waals surface area contributed by atoms with Gasteiger partial charge in [-0.3, -0.25) is 0 Å². The molecule has 0 radical (unpaired) electrons. The highest BCUT2D eigenvalue weighted by Gasteiger charge is 2.29. The number of aliphatic hydroxyl groups excluding tert-OH is 2. The van der Waals surface area contributed by atoms with E-state index in [0.29, 0.717) is 4.88 Å². The van der Waals surface area contributed by atoms with Gasteiger partial charge in [0.05, 0.1) is 0 Å². The normalized spacial score (nSPS) is 14.8. The van der Waals surface area contributed by atoms with Gasteiger partial charge in [-0.15, -0.1) is 11.3 Å². The molecule has 5 nitrogen and oxygen atoms in total. The topological polar surface area (TPSA) is 78.8 Å². The summed E-state index contributed by atoms with van der Waals surface area (Å²) in [5.41, 5.74) is 4.62. The van der Waals surface area contributed by atoms with Crippen LogP contribution >= 0.6 is 11.3 Å². The molecular formula is C22H21NO4S. The number of ether oxygens (including phenoxy) is 1. The summed E-state index contributed by atoms with van der Waals surface area (Å²) < 4.78 is 5.42. The Labute approximate surface area is 167 Å². The second kappa shape index (κ2) is 8.14. The van der Waals surface area contributed by atoms with Crippen LogP contribution in [0.15, 0.2) is 66.0 Å². The molecule has 2 atom stereocenters. The Hall–Kier alpha value is -2.67. The van der Waals surface area contributed by atoms with Crippen molar-refractivity contribution >= 4 is 17.4 Å². The Bertz CT molecular complexity index is 911. The quantitative estimate of drug-likeness (QED) is 0.595. The van der Waals surface area contributed by atoms with Crippen LogP contribution in [-0.4, -0.2) is 35.6 Å².